The summed E-state index contributed by atoms with van der Waals surface area (Å²) in [6.07, 6.45) is 0.602. The van der Waals surface area contributed by atoms with Crippen LogP contribution < -0.4 is 4.74 Å². The maximum absolute atomic E-state index is 10.5. The summed E-state index contributed by atoms with van der Waals surface area (Å²) in [7, 11) is 1.58. The molecule has 0 aliphatic carbocycles. The number of aryl methyl sites for hydroxylation is 2. The minimum atomic E-state index is -0.797. The monoisotopic (exact) mass is 272 g/mol. The first kappa shape index (κ1) is 12.0. The van der Waals surface area contributed by atoms with E-state index >= 15 is 0 Å². The Hall–Kier alpha value is -1.03. The second kappa shape index (κ2) is 5.16. The van der Waals surface area contributed by atoms with Crippen LogP contribution in [-0.2, 0) is 11.2 Å². The van der Waals surface area contributed by atoms with Crippen molar-refractivity contribution < 1.29 is 14.6 Å². The van der Waals surface area contributed by atoms with Crippen molar-refractivity contribution in [2.24, 2.45) is 0 Å². The number of aliphatic carboxylic acids is 1. The fraction of sp³-hybridized carbons (Fsp3) is 0.364. The van der Waals surface area contributed by atoms with Crippen molar-refractivity contribution in [3.8, 4) is 5.75 Å². The quantitative estimate of drug-likeness (QED) is 0.917. The zero-order valence-electron chi connectivity index (χ0n) is 8.71. The molecule has 0 aromatic heterocycles. The Morgan fingerprint density at radius 3 is 2.73 bits per heavy atom. The molecule has 0 saturated heterocycles. The van der Waals surface area contributed by atoms with E-state index in [-0.39, 0.29) is 6.42 Å². The largest absolute Gasteiger partial charge is 0.495 e. The number of methoxy groups -OCH3 is 1. The van der Waals surface area contributed by atoms with Crippen LogP contribution in [0.15, 0.2) is 16.6 Å². The van der Waals surface area contributed by atoms with Crippen LogP contribution in [0.25, 0.3) is 0 Å². The molecule has 0 atom stereocenters. The number of carboxylic acid groups (broad SMARTS) is 1. The number of ether oxygens (including phenoxy) is 1. The van der Waals surface area contributed by atoms with Gasteiger partial charge in [0.1, 0.15) is 5.75 Å². The number of halogens is 1. The average Bonchev–Trinajstić information content (AvgIpc) is 2.13. The minimum absolute atomic E-state index is 0.117. The van der Waals surface area contributed by atoms with E-state index < -0.39 is 5.97 Å². The van der Waals surface area contributed by atoms with E-state index in [1.54, 1.807) is 7.11 Å². The number of rotatable bonds is 4. The maximum Gasteiger partial charge on any atom is 0.303 e. The molecule has 0 heterocycles. The molecule has 1 aromatic rings. The lowest BCUT2D eigenvalue weighted by Crippen LogP contribution is -2.00. The molecule has 0 unspecified atom stereocenters. The van der Waals surface area contributed by atoms with Crippen LogP contribution in [0.3, 0.4) is 0 Å². The van der Waals surface area contributed by atoms with Crippen LogP contribution in [0.5, 0.6) is 5.75 Å². The van der Waals surface area contributed by atoms with Crippen LogP contribution in [0.1, 0.15) is 17.5 Å². The molecule has 0 aliphatic heterocycles. The maximum atomic E-state index is 10.5. The Bertz CT molecular complexity index is 374. The predicted molar refractivity (Wildman–Crippen MR) is 61.4 cm³/mol. The highest BCUT2D eigenvalue weighted by Crippen LogP contribution is 2.31. The summed E-state index contributed by atoms with van der Waals surface area (Å²) >= 11 is 3.39. The van der Waals surface area contributed by atoms with Gasteiger partial charge in [-0.05, 0) is 46.5 Å². The highest BCUT2D eigenvalue weighted by atomic mass is 79.9. The second-order valence-corrected chi connectivity index (χ2v) is 4.19. The summed E-state index contributed by atoms with van der Waals surface area (Å²) in [4.78, 5) is 10.5. The van der Waals surface area contributed by atoms with Gasteiger partial charge in [0.25, 0.3) is 0 Å². The van der Waals surface area contributed by atoms with Gasteiger partial charge in [-0.1, -0.05) is 6.07 Å². The third kappa shape index (κ3) is 3.23. The standard InChI is InChI=1S/C11H13BrO3/c1-7-5-8(3-4-10(13)14)11(15-2)9(12)6-7/h5-6H,3-4H2,1-2H3,(H,13,14). The van der Waals surface area contributed by atoms with Gasteiger partial charge in [0.05, 0.1) is 11.6 Å². The zero-order valence-corrected chi connectivity index (χ0v) is 10.3. The normalized spacial score (nSPS) is 10.1. The first-order valence-corrected chi connectivity index (χ1v) is 5.38. The molecule has 0 fully saturated rings. The molecule has 0 radical (unpaired) electrons. The van der Waals surface area contributed by atoms with E-state index in [1.807, 2.05) is 19.1 Å². The lowest BCUT2D eigenvalue weighted by atomic mass is 10.1. The van der Waals surface area contributed by atoms with Gasteiger partial charge in [-0.2, -0.15) is 0 Å². The summed E-state index contributed by atoms with van der Waals surface area (Å²) in [6, 6.07) is 3.90. The Morgan fingerprint density at radius 2 is 2.20 bits per heavy atom. The van der Waals surface area contributed by atoms with Gasteiger partial charge < -0.3 is 9.84 Å². The highest BCUT2D eigenvalue weighted by molar-refractivity contribution is 9.10. The molecule has 4 heteroatoms. The molecular formula is C11H13BrO3. The Morgan fingerprint density at radius 1 is 1.53 bits per heavy atom. The molecular weight excluding hydrogens is 260 g/mol. The lowest BCUT2D eigenvalue weighted by molar-refractivity contribution is -0.136. The molecule has 0 saturated carbocycles. The first-order chi connectivity index (χ1) is 7.04. The van der Waals surface area contributed by atoms with Crippen molar-refractivity contribution in [3.05, 3.63) is 27.7 Å². The molecule has 0 bridgehead atoms. The van der Waals surface area contributed by atoms with E-state index in [0.29, 0.717) is 6.42 Å². The van der Waals surface area contributed by atoms with Gasteiger partial charge in [-0.15, -0.1) is 0 Å². The van der Waals surface area contributed by atoms with Gasteiger partial charge >= 0.3 is 5.97 Å². The third-order valence-electron chi connectivity index (χ3n) is 2.08. The van der Waals surface area contributed by atoms with Gasteiger partial charge in [-0.25, -0.2) is 0 Å². The molecule has 82 valence electrons. The summed E-state index contributed by atoms with van der Waals surface area (Å²) in [5.74, 6) is -0.0727. The molecule has 0 aliphatic rings. The van der Waals surface area contributed by atoms with Gasteiger partial charge in [0.15, 0.2) is 0 Å². The Labute approximate surface area is 97.2 Å². The van der Waals surface area contributed by atoms with Crippen molar-refractivity contribution in [1.82, 2.24) is 0 Å². The van der Waals surface area contributed by atoms with Crippen LogP contribution in [0.4, 0.5) is 0 Å². The van der Waals surface area contributed by atoms with Crippen molar-refractivity contribution in [2.75, 3.05) is 7.11 Å². The summed E-state index contributed by atoms with van der Waals surface area (Å²) in [6.45, 7) is 1.97. The van der Waals surface area contributed by atoms with Gasteiger partial charge in [-0.3, -0.25) is 4.79 Å². The Balaban J connectivity index is 2.98. The molecule has 1 N–H and O–H groups in total. The topological polar surface area (TPSA) is 46.5 Å². The predicted octanol–water partition coefficient (Wildman–Crippen LogP) is 2.78. The van der Waals surface area contributed by atoms with Crippen molar-refractivity contribution >= 4 is 21.9 Å². The smallest absolute Gasteiger partial charge is 0.303 e. The van der Waals surface area contributed by atoms with Crippen LogP contribution in [0.2, 0.25) is 0 Å². The summed E-state index contributed by atoms with van der Waals surface area (Å²) in [5, 5.41) is 8.62. The summed E-state index contributed by atoms with van der Waals surface area (Å²) < 4.78 is 6.09. The van der Waals surface area contributed by atoms with Crippen molar-refractivity contribution in [1.29, 1.82) is 0 Å². The van der Waals surface area contributed by atoms with Crippen LogP contribution in [-0.4, -0.2) is 18.2 Å². The van der Waals surface area contributed by atoms with Gasteiger partial charge in [0.2, 0.25) is 0 Å². The highest BCUT2D eigenvalue weighted by Gasteiger charge is 2.09. The lowest BCUT2D eigenvalue weighted by Gasteiger charge is -2.10. The molecule has 3 nitrogen and oxygen atoms in total. The number of hydrogen-bond acceptors (Lipinski definition) is 2. The molecule has 0 amide bonds. The van der Waals surface area contributed by atoms with E-state index in [0.717, 1.165) is 21.3 Å². The third-order valence-corrected chi connectivity index (χ3v) is 2.67. The molecule has 1 aromatic carbocycles. The summed E-state index contributed by atoms with van der Waals surface area (Å²) in [5.41, 5.74) is 2.01. The number of benzene rings is 1. The fourth-order valence-electron chi connectivity index (χ4n) is 1.46. The van der Waals surface area contributed by atoms with Crippen LogP contribution in [0, 0.1) is 6.92 Å². The van der Waals surface area contributed by atoms with Crippen LogP contribution >= 0.6 is 15.9 Å². The average molecular weight is 273 g/mol. The second-order valence-electron chi connectivity index (χ2n) is 3.33. The number of hydrogen-bond donors (Lipinski definition) is 1. The van der Waals surface area contributed by atoms with Crippen molar-refractivity contribution in [3.63, 3.8) is 0 Å². The fourth-order valence-corrected chi connectivity index (χ4v) is 2.23. The first-order valence-electron chi connectivity index (χ1n) is 4.59. The molecule has 0 spiro atoms. The zero-order chi connectivity index (χ0) is 11.4. The van der Waals surface area contributed by atoms with E-state index in [4.69, 9.17) is 9.84 Å². The van der Waals surface area contributed by atoms with E-state index in [2.05, 4.69) is 15.9 Å². The van der Waals surface area contributed by atoms with E-state index in [9.17, 15) is 4.79 Å². The Kier molecular flexibility index (Phi) is 4.15. The molecule has 15 heavy (non-hydrogen) atoms. The SMILES string of the molecule is COc1c(Br)cc(C)cc1CCC(=O)O. The minimum Gasteiger partial charge on any atom is -0.495 e. The number of carboxylic acids is 1. The van der Waals surface area contributed by atoms with Gasteiger partial charge in [0, 0.05) is 6.42 Å². The number of carbonyl (C=O) groups is 1. The van der Waals surface area contributed by atoms with Crippen molar-refractivity contribution in [2.45, 2.75) is 19.8 Å². The van der Waals surface area contributed by atoms with E-state index in [1.165, 1.54) is 0 Å². The molecule has 1 rings (SSSR count).